The highest BCUT2D eigenvalue weighted by Gasteiger charge is 2.50. The van der Waals surface area contributed by atoms with E-state index >= 15 is 0 Å². The number of carbonyl (C=O) groups is 1. The zero-order chi connectivity index (χ0) is 29.1. The first-order valence-electron chi connectivity index (χ1n) is 13.3. The Hall–Kier alpha value is -2.91. The van der Waals surface area contributed by atoms with Gasteiger partial charge in [0, 0.05) is 31.0 Å². The molecule has 10 nitrogen and oxygen atoms in total. The van der Waals surface area contributed by atoms with Gasteiger partial charge in [0.1, 0.15) is 5.56 Å². The fourth-order valence-corrected chi connectivity index (χ4v) is 7.00. The molecule has 2 heterocycles. The van der Waals surface area contributed by atoms with Crippen molar-refractivity contribution in [3.8, 4) is 6.07 Å². The smallest absolute Gasteiger partial charge is 0.365 e. The summed E-state index contributed by atoms with van der Waals surface area (Å²) in [6, 6.07) is 8.74. The maximum atomic E-state index is 13.0. The molecule has 2 aromatic rings. The molecule has 4 rings (SSSR count). The van der Waals surface area contributed by atoms with Gasteiger partial charge in [-0.05, 0) is 63.8 Å². The number of likely N-dealkylation sites (tertiary alicyclic amines) is 1. The predicted octanol–water partition coefficient (Wildman–Crippen LogP) is 4.66. The average molecular weight is 583 g/mol. The second-order valence-corrected chi connectivity index (χ2v) is 12.2. The van der Waals surface area contributed by atoms with Crippen LogP contribution in [0.15, 0.2) is 30.5 Å². The molecule has 3 N–H and O–H groups in total. The molecule has 0 radical (unpaired) electrons. The number of aromatic nitrogens is 2. The Morgan fingerprint density at radius 3 is 2.30 bits per heavy atom. The van der Waals surface area contributed by atoms with Crippen LogP contribution in [0.3, 0.4) is 0 Å². The molecule has 14 heteroatoms. The van der Waals surface area contributed by atoms with E-state index in [0.29, 0.717) is 36.7 Å². The number of nitrogens with two attached hydrogens (primary N) is 1. The third-order valence-electron chi connectivity index (χ3n) is 7.69. The van der Waals surface area contributed by atoms with Crippen molar-refractivity contribution in [2.45, 2.75) is 63.7 Å². The maximum Gasteiger partial charge on any atom is 0.394 e. The highest BCUT2D eigenvalue weighted by molar-refractivity contribution is 7.62. The van der Waals surface area contributed by atoms with Gasteiger partial charge < -0.3 is 20.1 Å². The summed E-state index contributed by atoms with van der Waals surface area (Å²) in [5.41, 5.74) is 5.61. The minimum Gasteiger partial charge on any atom is -0.365 e. The summed E-state index contributed by atoms with van der Waals surface area (Å²) in [6.07, 6.45) is -0.246. The van der Waals surface area contributed by atoms with Crippen LogP contribution in [-0.4, -0.2) is 59.1 Å². The number of anilines is 2. The first-order chi connectivity index (χ1) is 18.9. The normalized spacial score (nSPS) is 22.4. The third-order valence-corrected chi connectivity index (χ3v) is 9.82. The fraction of sp³-hybridized carbons (Fsp3) is 0.577. The van der Waals surface area contributed by atoms with Crippen molar-refractivity contribution in [3.05, 3.63) is 36.0 Å². The van der Waals surface area contributed by atoms with Crippen molar-refractivity contribution in [2.75, 3.05) is 31.6 Å². The number of hydrogen-bond donors (Lipinski definition) is 2. The average Bonchev–Trinajstić information content (AvgIpc) is 3.29. The Kier molecular flexibility index (Phi) is 8.95. The lowest BCUT2D eigenvalue weighted by Crippen LogP contribution is -2.58. The van der Waals surface area contributed by atoms with E-state index in [1.165, 1.54) is 6.20 Å². The van der Waals surface area contributed by atoms with E-state index in [2.05, 4.69) is 16.5 Å². The number of halogens is 3. The monoisotopic (exact) mass is 582 g/mol. The number of hydrogen-bond acceptors (Lipinski definition) is 8. The molecule has 0 spiro atoms. The second-order valence-electron chi connectivity index (χ2n) is 10.2. The van der Waals surface area contributed by atoms with Crippen LogP contribution < -0.4 is 16.4 Å². The minimum absolute atomic E-state index is 0.00443. The van der Waals surface area contributed by atoms with Crippen LogP contribution in [0.25, 0.3) is 0 Å². The standard InChI is InChI=1S/C26H34F3N6O4P/c1-3-38-40(37,39-4-2)21-7-5-19(6-8-21)32-24-22(23(31)36)17-35(33-24)25(13-14-30)11-9-20(10-12-25)34-15-18(16-34)26(27,28)29/h5-8,17-18,20H,3-4,9-13,15-16H2,1-2H3,(H2,31,36)(H,32,33)/t20-,25-. The number of nitriles is 1. The Labute approximate surface area is 231 Å². The van der Waals surface area contributed by atoms with E-state index in [0.717, 1.165) is 0 Å². The van der Waals surface area contributed by atoms with Crippen molar-refractivity contribution in [3.63, 3.8) is 0 Å². The summed E-state index contributed by atoms with van der Waals surface area (Å²) in [5, 5.41) is 17.7. The SMILES string of the molecule is CCOP(=O)(OCC)c1ccc(Nc2nn([C@]3(CC#N)CC[C@@H](N4CC(C(F)(F)F)C4)CC3)cc2C(N)=O)cc1. The van der Waals surface area contributed by atoms with Crippen LogP contribution in [0.1, 0.15) is 56.3 Å². The number of alkyl halides is 3. The molecule has 218 valence electrons. The molecule has 1 aromatic carbocycles. The van der Waals surface area contributed by atoms with Gasteiger partial charge in [0.15, 0.2) is 5.82 Å². The van der Waals surface area contributed by atoms with Gasteiger partial charge >= 0.3 is 13.8 Å². The van der Waals surface area contributed by atoms with E-state index in [4.69, 9.17) is 14.8 Å². The van der Waals surface area contributed by atoms with Crippen LogP contribution in [0.2, 0.25) is 0 Å². The summed E-state index contributed by atoms with van der Waals surface area (Å²) >= 11 is 0. The molecule has 2 fully saturated rings. The van der Waals surface area contributed by atoms with Gasteiger partial charge in [-0.3, -0.25) is 18.9 Å². The molecule has 1 aliphatic heterocycles. The molecule has 1 amide bonds. The Balaban J connectivity index is 1.51. The molecule has 0 unspecified atom stereocenters. The molecule has 40 heavy (non-hydrogen) atoms. The molecule has 1 saturated heterocycles. The maximum absolute atomic E-state index is 13.0. The van der Waals surface area contributed by atoms with Gasteiger partial charge in [-0.15, -0.1) is 0 Å². The van der Waals surface area contributed by atoms with E-state index in [1.54, 1.807) is 42.8 Å². The van der Waals surface area contributed by atoms with Crippen molar-refractivity contribution < 1.29 is 31.6 Å². The number of benzene rings is 1. The molecule has 0 atom stereocenters. The quantitative estimate of drug-likeness (QED) is 0.365. The van der Waals surface area contributed by atoms with Crippen molar-refractivity contribution in [1.29, 1.82) is 5.26 Å². The Morgan fingerprint density at radius 1 is 1.20 bits per heavy atom. The topological polar surface area (TPSA) is 135 Å². The van der Waals surface area contributed by atoms with Crippen LogP contribution in [0.4, 0.5) is 24.7 Å². The zero-order valence-corrected chi connectivity index (χ0v) is 23.4. The highest BCUT2D eigenvalue weighted by atomic mass is 31.2. The summed E-state index contributed by atoms with van der Waals surface area (Å²) in [7, 11) is -3.46. The lowest BCUT2D eigenvalue weighted by atomic mass is 9.76. The molecule has 0 bridgehead atoms. The summed E-state index contributed by atoms with van der Waals surface area (Å²) < 4.78 is 64.2. The van der Waals surface area contributed by atoms with Crippen LogP contribution in [0, 0.1) is 17.2 Å². The Bertz CT molecular complexity index is 1270. The minimum atomic E-state index is -4.17. The van der Waals surface area contributed by atoms with Gasteiger partial charge in [-0.1, -0.05) is 0 Å². The molecular weight excluding hydrogens is 548 g/mol. The molecule has 1 aliphatic carbocycles. The number of carbonyl (C=O) groups excluding carboxylic acids is 1. The zero-order valence-electron chi connectivity index (χ0n) is 22.5. The van der Waals surface area contributed by atoms with E-state index in [-0.39, 0.29) is 50.1 Å². The number of nitrogens with zero attached hydrogens (tertiary/aromatic N) is 4. The van der Waals surface area contributed by atoms with Gasteiger partial charge in [0.2, 0.25) is 0 Å². The first-order valence-corrected chi connectivity index (χ1v) is 14.8. The van der Waals surface area contributed by atoms with E-state index in [1.807, 2.05) is 4.90 Å². The van der Waals surface area contributed by atoms with Gasteiger partial charge in [0.05, 0.1) is 42.5 Å². The van der Waals surface area contributed by atoms with Crippen LogP contribution >= 0.6 is 7.60 Å². The lowest BCUT2D eigenvalue weighted by molar-refractivity contribution is -0.215. The van der Waals surface area contributed by atoms with Gasteiger partial charge in [-0.25, -0.2) is 0 Å². The third kappa shape index (κ3) is 6.20. The largest absolute Gasteiger partial charge is 0.394 e. The number of primary amides is 1. The highest BCUT2D eigenvalue weighted by Crippen LogP contribution is 2.47. The molecule has 1 saturated carbocycles. The first kappa shape index (κ1) is 30.1. The van der Waals surface area contributed by atoms with E-state index in [9.17, 15) is 27.8 Å². The molecule has 2 aliphatic rings. The van der Waals surface area contributed by atoms with Crippen LogP contribution in [0.5, 0.6) is 0 Å². The summed E-state index contributed by atoms with van der Waals surface area (Å²) in [5.74, 6) is -1.79. The van der Waals surface area contributed by atoms with Crippen molar-refractivity contribution >= 4 is 30.3 Å². The van der Waals surface area contributed by atoms with Crippen molar-refractivity contribution in [2.24, 2.45) is 11.7 Å². The number of nitrogens with one attached hydrogen (secondary N) is 1. The number of amides is 1. The molecule has 1 aromatic heterocycles. The number of rotatable bonds is 11. The lowest BCUT2D eigenvalue weighted by Gasteiger charge is -2.49. The summed E-state index contributed by atoms with van der Waals surface area (Å²) in [4.78, 5) is 14.2. The fourth-order valence-electron chi connectivity index (χ4n) is 5.44. The van der Waals surface area contributed by atoms with Gasteiger partial charge in [-0.2, -0.15) is 23.5 Å². The second kappa shape index (κ2) is 11.9. The van der Waals surface area contributed by atoms with Crippen molar-refractivity contribution in [1.82, 2.24) is 14.7 Å². The molecular formula is C26H34F3N6O4P. The predicted molar refractivity (Wildman–Crippen MR) is 143 cm³/mol. The van der Waals surface area contributed by atoms with Gasteiger partial charge in [0.25, 0.3) is 5.91 Å². The Morgan fingerprint density at radius 2 is 1.80 bits per heavy atom. The van der Waals surface area contributed by atoms with E-state index < -0.39 is 31.1 Å². The summed E-state index contributed by atoms with van der Waals surface area (Å²) in [6.45, 7) is 3.89. The van der Waals surface area contributed by atoms with Crippen LogP contribution in [-0.2, 0) is 19.2 Å².